The van der Waals surface area contributed by atoms with Crippen LogP contribution in [0.1, 0.15) is 21.7 Å². The summed E-state index contributed by atoms with van der Waals surface area (Å²) in [6.07, 6.45) is 0. The Balaban J connectivity index is 2.37. The highest BCUT2D eigenvalue weighted by atomic mass is 32.2. The normalized spacial score (nSPS) is 11.8. The van der Waals surface area contributed by atoms with Crippen molar-refractivity contribution in [3.63, 3.8) is 0 Å². The van der Waals surface area contributed by atoms with Crippen molar-refractivity contribution in [1.29, 1.82) is 0 Å². The monoisotopic (exact) mass is 329 g/mol. The summed E-state index contributed by atoms with van der Waals surface area (Å²) in [4.78, 5) is 4.93. The molecule has 114 valence electrons. The molecule has 0 aliphatic rings. The first-order valence-corrected chi connectivity index (χ1v) is 8.54. The van der Waals surface area contributed by atoms with Crippen molar-refractivity contribution in [2.24, 2.45) is 0 Å². The number of sulfonamides is 1. The van der Waals surface area contributed by atoms with Gasteiger partial charge in [-0.2, -0.15) is 0 Å². The molecule has 3 N–H and O–H groups in total. The fraction of sp³-hybridized carbons (Fsp3) is 0.308. The number of rotatable bonds is 4. The maximum Gasteiger partial charge on any atom is 0.241 e. The molecule has 1 heterocycles. The van der Waals surface area contributed by atoms with Gasteiger partial charge in [0.1, 0.15) is 5.82 Å². The molecule has 0 unspecified atom stereocenters. The highest BCUT2D eigenvalue weighted by Gasteiger charge is 2.23. The molecule has 0 saturated carbocycles. The Hall–Kier alpha value is -1.51. The molecule has 1 aromatic carbocycles. The van der Waals surface area contributed by atoms with Crippen molar-refractivity contribution in [3.8, 4) is 0 Å². The zero-order valence-electron chi connectivity index (χ0n) is 11.9. The Labute approximate surface area is 127 Å². The summed E-state index contributed by atoms with van der Waals surface area (Å²) in [5.41, 5.74) is 8.44. The first kappa shape index (κ1) is 15.9. The lowest BCUT2D eigenvalue weighted by Gasteiger charge is -2.14. The smallest absolute Gasteiger partial charge is 0.241 e. The molecule has 0 fully saturated rings. The quantitative estimate of drug-likeness (QED) is 0.843. The van der Waals surface area contributed by atoms with E-state index in [0.29, 0.717) is 5.56 Å². The summed E-state index contributed by atoms with van der Waals surface area (Å²) in [5.74, 6) is -0.609. The van der Waals surface area contributed by atoms with E-state index >= 15 is 0 Å². The van der Waals surface area contributed by atoms with E-state index in [1.165, 1.54) is 18.3 Å². The topological polar surface area (TPSA) is 85.1 Å². The minimum atomic E-state index is -3.77. The maximum atomic E-state index is 13.5. The van der Waals surface area contributed by atoms with Crippen molar-refractivity contribution in [3.05, 3.63) is 39.1 Å². The molecule has 0 amide bonds. The first-order valence-electron chi connectivity index (χ1n) is 6.18. The number of anilines is 1. The maximum absolute atomic E-state index is 13.5. The van der Waals surface area contributed by atoms with Gasteiger partial charge in [0.2, 0.25) is 10.0 Å². The first-order chi connectivity index (χ1) is 9.74. The van der Waals surface area contributed by atoms with Gasteiger partial charge in [-0.1, -0.05) is 0 Å². The Morgan fingerprint density at radius 1 is 1.38 bits per heavy atom. The number of nitrogens with two attached hydrogens (primary N) is 1. The highest BCUT2D eigenvalue weighted by Crippen LogP contribution is 2.27. The van der Waals surface area contributed by atoms with E-state index in [4.69, 9.17) is 5.73 Å². The third-order valence-corrected chi connectivity index (χ3v) is 5.86. The molecular weight excluding hydrogens is 313 g/mol. The van der Waals surface area contributed by atoms with E-state index < -0.39 is 15.8 Å². The number of nitrogens with one attached hydrogen (secondary N) is 1. The molecule has 2 aromatic rings. The second-order valence-electron chi connectivity index (χ2n) is 4.73. The molecule has 0 aliphatic carbocycles. The van der Waals surface area contributed by atoms with Gasteiger partial charge in [-0.25, -0.2) is 22.5 Å². The van der Waals surface area contributed by atoms with Gasteiger partial charge in [-0.3, -0.25) is 0 Å². The number of aryl methyl sites for hydroxylation is 2. The van der Waals surface area contributed by atoms with Crippen LogP contribution in [0, 0.1) is 26.6 Å². The van der Waals surface area contributed by atoms with Crippen molar-refractivity contribution >= 4 is 27.0 Å². The molecule has 21 heavy (non-hydrogen) atoms. The minimum absolute atomic E-state index is 0.0311. The number of thiazole rings is 1. The summed E-state index contributed by atoms with van der Waals surface area (Å²) in [6.45, 7) is 5.00. The van der Waals surface area contributed by atoms with Crippen LogP contribution in [0.15, 0.2) is 16.5 Å². The van der Waals surface area contributed by atoms with Gasteiger partial charge in [0, 0.05) is 11.4 Å². The van der Waals surface area contributed by atoms with Crippen LogP contribution >= 0.6 is 11.3 Å². The number of hydrogen-bond acceptors (Lipinski definition) is 5. The van der Waals surface area contributed by atoms with Gasteiger partial charge in [-0.15, -0.1) is 11.3 Å². The van der Waals surface area contributed by atoms with Crippen LogP contribution in [0.25, 0.3) is 0 Å². The third kappa shape index (κ3) is 3.07. The Morgan fingerprint density at radius 2 is 2.05 bits per heavy atom. The SMILES string of the molecule is Cc1cc(F)c(N)c(C)c1S(=O)(=O)NCc1scnc1C. The average molecular weight is 329 g/mol. The van der Waals surface area contributed by atoms with E-state index in [0.717, 1.165) is 16.6 Å². The number of halogens is 1. The fourth-order valence-corrected chi connectivity index (χ4v) is 4.36. The summed E-state index contributed by atoms with van der Waals surface area (Å²) in [6, 6.07) is 1.13. The second-order valence-corrected chi connectivity index (χ2v) is 7.37. The number of aromatic nitrogens is 1. The molecular formula is C13H16FN3O2S2. The van der Waals surface area contributed by atoms with Crippen LogP contribution in [-0.4, -0.2) is 13.4 Å². The molecule has 2 rings (SSSR count). The van der Waals surface area contributed by atoms with E-state index in [-0.39, 0.29) is 22.7 Å². The molecule has 0 saturated heterocycles. The van der Waals surface area contributed by atoms with Gasteiger partial charge in [0.05, 0.1) is 21.8 Å². The summed E-state index contributed by atoms with van der Waals surface area (Å²) >= 11 is 1.38. The molecule has 8 heteroatoms. The average Bonchev–Trinajstić information content (AvgIpc) is 2.79. The number of hydrogen-bond donors (Lipinski definition) is 2. The van der Waals surface area contributed by atoms with Crippen LogP contribution in [-0.2, 0) is 16.6 Å². The molecule has 0 spiro atoms. The number of nitrogens with zero attached hydrogens (tertiary/aromatic N) is 1. The van der Waals surface area contributed by atoms with E-state index in [9.17, 15) is 12.8 Å². The molecule has 0 atom stereocenters. The van der Waals surface area contributed by atoms with Crippen molar-refractivity contribution in [2.75, 3.05) is 5.73 Å². The van der Waals surface area contributed by atoms with Crippen molar-refractivity contribution in [2.45, 2.75) is 32.2 Å². The predicted octanol–water partition coefficient (Wildman–Crippen LogP) is 2.27. The lowest BCUT2D eigenvalue weighted by molar-refractivity contribution is 0.579. The molecule has 1 aromatic heterocycles. The largest absolute Gasteiger partial charge is 0.396 e. The van der Waals surface area contributed by atoms with Gasteiger partial charge < -0.3 is 5.73 Å². The zero-order valence-corrected chi connectivity index (χ0v) is 13.5. The van der Waals surface area contributed by atoms with Gasteiger partial charge >= 0.3 is 0 Å². The molecule has 0 radical (unpaired) electrons. The van der Waals surface area contributed by atoms with Crippen LogP contribution in [0.5, 0.6) is 0 Å². The minimum Gasteiger partial charge on any atom is -0.396 e. The van der Waals surface area contributed by atoms with Crippen molar-refractivity contribution in [1.82, 2.24) is 9.71 Å². The van der Waals surface area contributed by atoms with E-state index in [1.807, 2.05) is 6.92 Å². The summed E-state index contributed by atoms with van der Waals surface area (Å²) in [7, 11) is -3.77. The van der Waals surface area contributed by atoms with Gasteiger partial charge in [-0.05, 0) is 38.0 Å². The second kappa shape index (κ2) is 5.70. The zero-order chi connectivity index (χ0) is 15.8. The predicted molar refractivity (Wildman–Crippen MR) is 81.2 cm³/mol. The summed E-state index contributed by atoms with van der Waals surface area (Å²) in [5, 5.41) is 0. The summed E-state index contributed by atoms with van der Waals surface area (Å²) < 4.78 is 40.9. The van der Waals surface area contributed by atoms with Gasteiger partial charge in [0.15, 0.2) is 0 Å². The van der Waals surface area contributed by atoms with Gasteiger partial charge in [0.25, 0.3) is 0 Å². The highest BCUT2D eigenvalue weighted by molar-refractivity contribution is 7.89. The van der Waals surface area contributed by atoms with Crippen LogP contribution < -0.4 is 10.5 Å². The molecule has 5 nitrogen and oxygen atoms in total. The Kier molecular flexibility index (Phi) is 4.31. The number of benzene rings is 1. The van der Waals surface area contributed by atoms with E-state index in [1.54, 1.807) is 12.4 Å². The standard InChI is InChI=1S/C13H16FN3O2S2/c1-7-4-10(14)12(15)8(2)13(7)21(18,19)17-5-11-9(3)16-6-20-11/h4,6,17H,5,15H2,1-3H3. The van der Waals surface area contributed by atoms with Crippen LogP contribution in [0.3, 0.4) is 0 Å². The Bertz CT molecular complexity index is 785. The van der Waals surface area contributed by atoms with Crippen LogP contribution in [0.4, 0.5) is 10.1 Å². The lowest BCUT2D eigenvalue weighted by Crippen LogP contribution is -2.25. The number of nitrogen functional groups attached to an aromatic ring is 1. The van der Waals surface area contributed by atoms with Crippen molar-refractivity contribution < 1.29 is 12.8 Å². The lowest BCUT2D eigenvalue weighted by atomic mass is 10.1. The molecule has 0 bridgehead atoms. The Morgan fingerprint density at radius 3 is 2.62 bits per heavy atom. The fourth-order valence-electron chi connectivity index (χ4n) is 2.07. The molecule has 0 aliphatic heterocycles. The third-order valence-electron chi connectivity index (χ3n) is 3.24. The van der Waals surface area contributed by atoms with Crippen LogP contribution in [0.2, 0.25) is 0 Å². The van der Waals surface area contributed by atoms with E-state index in [2.05, 4.69) is 9.71 Å².